The maximum Gasteiger partial charge on any atom is 0.265 e. The predicted octanol–water partition coefficient (Wildman–Crippen LogP) is 3.08. The molecular formula is C19H23ClN2O2. The second kappa shape index (κ2) is 8.71. The summed E-state index contributed by atoms with van der Waals surface area (Å²) < 4.78 is 5.92. The van der Waals surface area contributed by atoms with Gasteiger partial charge in [-0.1, -0.05) is 48.5 Å². The van der Waals surface area contributed by atoms with Gasteiger partial charge in [0.2, 0.25) is 6.10 Å². The van der Waals surface area contributed by atoms with Crippen LogP contribution >= 0.6 is 12.4 Å². The number of nitrogens with two attached hydrogens (primary N) is 1. The highest BCUT2D eigenvalue weighted by Crippen LogP contribution is 2.31. The van der Waals surface area contributed by atoms with Crippen LogP contribution in [-0.2, 0) is 4.79 Å². The largest absolute Gasteiger partial charge is 0.476 e. The molecule has 3 rings (SSSR count). The number of carbonyl (C=O) groups excluding carboxylic acids is 1. The summed E-state index contributed by atoms with van der Waals surface area (Å²) in [6.45, 7) is 0.491. The van der Waals surface area contributed by atoms with Gasteiger partial charge < -0.3 is 15.8 Å². The minimum Gasteiger partial charge on any atom is -0.476 e. The van der Waals surface area contributed by atoms with E-state index in [9.17, 15) is 4.79 Å². The van der Waals surface area contributed by atoms with E-state index in [2.05, 4.69) is 5.32 Å². The van der Waals surface area contributed by atoms with Gasteiger partial charge in [-0.15, -0.1) is 12.4 Å². The highest BCUT2D eigenvalue weighted by atomic mass is 35.5. The summed E-state index contributed by atoms with van der Waals surface area (Å²) in [7, 11) is 0. The topological polar surface area (TPSA) is 64.3 Å². The lowest BCUT2D eigenvalue weighted by molar-refractivity contribution is -0.128. The molecule has 1 amide bonds. The van der Waals surface area contributed by atoms with Gasteiger partial charge in [0.25, 0.3) is 5.91 Å². The molecule has 1 aliphatic rings. The second-order valence-electron chi connectivity index (χ2n) is 5.97. The number of carbonyl (C=O) groups is 1. The number of amides is 1. The van der Waals surface area contributed by atoms with E-state index < -0.39 is 6.10 Å². The molecule has 0 radical (unpaired) electrons. The van der Waals surface area contributed by atoms with Crippen LogP contribution in [0.1, 0.15) is 24.5 Å². The van der Waals surface area contributed by atoms with Gasteiger partial charge in [0.05, 0.1) is 0 Å². The smallest absolute Gasteiger partial charge is 0.265 e. The van der Waals surface area contributed by atoms with E-state index in [-0.39, 0.29) is 24.4 Å². The van der Waals surface area contributed by atoms with E-state index >= 15 is 0 Å². The molecule has 0 saturated heterocycles. The molecule has 2 aromatic rings. The van der Waals surface area contributed by atoms with Crippen LogP contribution in [0.15, 0.2) is 60.7 Å². The van der Waals surface area contributed by atoms with Crippen molar-refractivity contribution < 1.29 is 9.53 Å². The third-order valence-corrected chi connectivity index (χ3v) is 4.08. The summed E-state index contributed by atoms with van der Waals surface area (Å²) >= 11 is 0. The molecular weight excluding hydrogens is 324 g/mol. The molecule has 0 spiro atoms. The van der Waals surface area contributed by atoms with Crippen LogP contribution in [0.4, 0.5) is 0 Å². The molecule has 1 fully saturated rings. The van der Waals surface area contributed by atoms with Crippen molar-refractivity contribution >= 4 is 18.3 Å². The standard InChI is InChI=1S/C19H22N2O2.ClH/c20-17(14-11-12-14)13-21-19(22)18(15-7-3-1-4-8-15)23-16-9-5-2-6-10-16;/h1-10,14,17-18H,11-13,20H2,(H,21,22);1H. The molecule has 0 bridgehead atoms. The van der Waals surface area contributed by atoms with Crippen LogP contribution < -0.4 is 15.8 Å². The number of hydrogen-bond donors (Lipinski definition) is 2. The molecule has 24 heavy (non-hydrogen) atoms. The van der Waals surface area contributed by atoms with Gasteiger partial charge in [-0.25, -0.2) is 0 Å². The van der Waals surface area contributed by atoms with Crippen molar-refractivity contribution in [1.82, 2.24) is 5.32 Å². The Morgan fingerprint density at radius 2 is 1.67 bits per heavy atom. The highest BCUT2D eigenvalue weighted by molar-refractivity contribution is 5.85. The Balaban J connectivity index is 0.00000208. The maximum atomic E-state index is 12.6. The lowest BCUT2D eigenvalue weighted by Crippen LogP contribution is -2.41. The third-order valence-electron chi connectivity index (χ3n) is 4.08. The van der Waals surface area contributed by atoms with E-state index in [1.54, 1.807) is 0 Å². The highest BCUT2D eigenvalue weighted by Gasteiger charge is 2.30. The van der Waals surface area contributed by atoms with Crippen molar-refractivity contribution in [1.29, 1.82) is 0 Å². The Bertz CT molecular complexity index is 632. The molecule has 128 valence electrons. The van der Waals surface area contributed by atoms with Gasteiger partial charge in [-0.2, -0.15) is 0 Å². The monoisotopic (exact) mass is 346 g/mol. The van der Waals surface area contributed by atoms with Gasteiger partial charge in [0.1, 0.15) is 5.75 Å². The van der Waals surface area contributed by atoms with Crippen molar-refractivity contribution in [3.63, 3.8) is 0 Å². The lowest BCUT2D eigenvalue weighted by Gasteiger charge is -2.20. The Morgan fingerprint density at radius 1 is 1.08 bits per heavy atom. The van der Waals surface area contributed by atoms with E-state index in [0.717, 1.165) is 5.56 Å². The lowest BCUT2D eigenvalue weighted by atomic mass is 10.1. The fraction of sp³-hybridized carbons (Fsp3) is 0.316. The Kier molecular flexibility index (Phi) is 6.64. The number of hydrogen-bond acceptors (Lipinski definition) is 3. The average molecular weight is 347 g/mol. The minimum atomic E-state index is -0.676. The van der Waals surface area contributed by atoms with Crippen LogP contribution in [0.25, 0.3) is 0 Å². The fourth-order valence-corrected chi connectivity index (χ4v) is 2.54. The zero-order chi connectivity index (χ0) is 16.1. The van der Waals surface area contributed by atoms with E-state index in [0.29, 0.717) is 18.2 Å². The van der Waals surface area contributed by atoms with Gasteiger partial charge in [-0.3, -0.25) is 4.79 Å². The molecule has 5 heteroatoms. The number of benzene rings is 2. The Hall–Kier alpha value is -2.04. The second-order valence-corrected chi connectivity index (χ2v) is 5.97. The van der Waals surface area contributed by atoms with Gasteiger partial charge in [0.15, 0.2) is 0 Å². The first-order valence-electron chi connectivity index (χ1n) is 8.04. The molecule has 2 atom stereocenters. The SMILES string of the molecule is Cl.NC(CNC(=O)C(Oc1ccccc1)c1ccccc1)C1CC1. The minimum absolute atomic E-state index is 0. The van der Waals surface area contributed by atoms with Gasteiger partial charge in [-0.05, 0) is 30.9 Å². The quantitative estimate of drug-likeness (QED) is 0.809. The fourth-order valence-electron chi connectivity index (χ4n) is 2.54. The van der Waals surface area contributed by atoms with E-state index in [1.165, 1.54) is 12.8 Å². The summed E-state index contributed by atoms with van der Waals surface area (Å²) in [6.07, 6.45) is 1.66. The van der Waals surface area contributed by atoms with Crippen molar-refractivity contribution in [2.24, 2.45) is 11.7 Å². The summed E-state index contributed by atoms with van der Waals surface area (Å²) in [6, 6.07) is 18.9. The predicted molar refractivity (Wildman–Crippen MR) is 97.2 cm³/mol. The molecule has 3 N–H and O–H groups in total. The molecule has 1 saturated carbocycles. The first kappa shape index (κ1) is 18.3. The number of rotatable bonds is 7. The van der Waals surface area contributed by atoms with Crippen molar-refractivity contribution in [3.8, 4) is 5.75 Å². The molecule has 4 nitrogen and oxygen atoms in total. The van der Waals surface area contributed by atoms with Crippen molar-refractivity contribution in [2.75, 3.05) is 6.54 Å². The number of nitrogens with one attached hydrogen (secondary N) is 1. The zero-order valence-corrected chi connectivity index (χ0v) is 14.2. The molecule has 0 heterocycles. The number of ether oxygens (including phenoxy) is 1. The van der Waals surface area contributed by atoms with Crippen LogP contribution in [0.5, 0.6) is 5.75 Å². The normalized spacial score (nSPS) is 15.7. The maximum absolute atomic E-state index is 12.6. The first-order chi connectivity index (χ1) is 11.2. The third kappa shape index (κ3) is 4.98. The van der Waals surface area contributed by atoms with Crippen LogP contribution in [0.3, 0.4) is 0 Å². The zero-order valence-electron chi connectivity index (χ0n) is 13.4. The molecule has 1 aliphatic carbocycles. The summed E-state index contributed by atoms with van der Waals surface area (Å²) in [5.74, 6) is 1.07. The van der Waals surface area contributed by atoms with Crippen molar-refractivity contribution in [3.05, 3.63) is 66.2 Å². The molecule has 0 aliphatic heterocycles. The summed E-state index contributed by atoms with van der Waals surface area (Å²) in [4.78, 5) is 12.6. The van der Waals surface area contributed by atoms with E-state index in [1.807, 2.05) is 60.7 Å². The molecule has 2 unspecified atom stereocenters. The molecule has 0 aromatic heterocycles. The van der Waals surface area contributed by atoms with E-state index in [4.69, 9.17) is 10.5 Å². The Labute approximate surface area is 148 Å². The number of para-hydroxylation sites is 1. The van der Waals surface area contributed by atoms with Gasteiger partial charge in [0, 0.05) is 18.2 Å². The van der Waals surface area contributed by atoms with Crippen molar-refractivity contribution in [2.45, 2.75) is 25.0 Å². The number of halogens is 1. The average Bonchev–Trinajstić information content (AvgIpc) is 3.44. The van der Waals surface area contributed by atoms with Crippen LogP contribution in [-0.4, -0.2) is 18.5 Å². The molecule has 2 aromatic carbocycles. The Morgan fingerprint density at radius 3 is 2.25 bits per heavy atom. The van der Waals surface area contributed by atoms with Gasteiger partial charge >= 0.3 is 0 Å². The van der Waals surface area contributed by atoms with Crippen LogP contribution in [0, 0.1) is 5.92 Å². The summed E-state index contributed by atoms with van der Waals surface area (Å²) in [5, 5.41) is 2.93. The van der Waals surface area contributed by atoms with Crippen LogP contribution in [0.2, 0.25) is 0 Å². The first-order valence-corrected chi connectivity index (χ1v) is 8.04. The summed E-state index contributed by atoms with van der Waals surface area (Å²) in [5.41, 5.74) is 6.89.